The predicted molar refractivity (Wildman–Crippen MR) is 124 cm³/mol. The number of rotatable bonds is 8. The van der Waals surface area contributed by atoms with Gasteiger partial charge in [-0.3, -0.25) is 0 Å². The second-order valence-corrected chi connectivity index (χ2v) is 7.99. The Labute approximate surface area is 188 Å². The van der Waals surface area contributed by atoms with Gasteiger partial charge in [0.15, 0.2) is 12.3 Å². The topological polar surface area (TPSA) is 57.1 Å². The van der Waals surface area contributed by atoms with Crippen LogP contribution < -0.4 is 4.74 Å². The number of benzene rings is 3. The van der Waals surface area contributed by atoms with Gasteiger partial charge in [0, 0.05) is 11.0 Å². The molecule has 0 aliphatic heterocycles. The molecule has 4 rings (SSSR count). The van der Waals surface area contributed by atoms with Crippen LogP contribution in [0, 0.1) is 0 Å². The molecule has 0 saturated carbocycles. The molecule has 3 aromatic rings. The minimum atomic E-state index is -0.547. The van der Waals surface area contributed by atoms with E-state index in [2.05, 4.69) is 48.5 Å². The van der Waals surface area contributed by atoms with Crippen LogP contribution in [0.4, 0.5) is 0 Å². The zero-order valence-corrected chi connectivity index (χ0v) is 18.4. The average molecular weight is 430 g/mol. The molecule has 0 heterocycles. The number of oxime groups is 1. The average Bonchev–Trinajstić information content (AvgIpc) is 3.20. The molecule has 0 saturated heterocycles. The van der Waals surface area contributed by atoms with Crippen molar-refractivity contribution < 1.29 is 19.1 Å². The van der Waals surface area contributed by atoms with E-state index in [1.807, 2.05) is 30.3 Å². The predicted octanol–water partition coefficient (Wildman–Crippen LogP) is 4.91. The van der Waals surface area contributed by atoms with E-state index in [-0.39, 0.29) is 17.7 Å². The summed E-state index contributed by atoms with van der Waals surface area (Å²) in [5, 5.41) is 3.95. The molecule has 0 fully saturated rings. The van der Waals surface area contributed by atoms with Gasteiger partial charge in [-0.15, -0.1) is 0 Å². The summed E-state index contributed by atoms with van der Waals surface area (Å²) in [4.78, 5) is 17.3. The number of hydrogen-bond donors (Lipinski definition) is 0. The van der Waals surface area contributed by atoms with E-state index < -0.39 is 5.97 Å². The third-order valence-corrected chi connectivity index (χ3v) is 6.02. The molecule has 0 N–H and O–H groups in total. The Kier molecular flexibility index (Phi) is 6.55. The Balaban J connectivity index is 1.33. The molecule has 1 atom stereocenters. The fourth-order valence-electron chi connectivity index (χ4n) is 4.22. The number of carbonyl (C=O) groups excluding carboxylic acids is 1. The first-order valence-corrected chi connectivity index (χ1v) is 10.8. The van der Waals surface area contributed by atoms with Crippen LogP contribution in [-0.4, -0.2) is 32.0 Å². The first kappa shape index (κ1) is 21.6. The molecular weight excluding hydrogens is 402 g/mol. The molecule has 3 aromatic carbocycles. The molecule has 0 amide bonds. The number of ether oxygens (including phenoxy) is 2. The Hall–Kier alpha value is -3.60. The van der Waals surface area contributed by atoms with E-state index in [1.54, 1.807) is 12.1 Å². The molecule has 164 valence electrons. The van der Waals surface area contributed by atoms with E-state index in [1.165, 1.54) is 23.8 Å². The van der Waals surface area contributed by atoms with E-state index >= 15 is 0 Å². The largest absolute Gasteiger partial charge is 0.490 e. The lowest BCUT2D eigenvalue weighted by Gasteiger charge is -2.26. The summed E-state index contributed by atoms with van der Waals surface area (Å²) in [6, 6.07) is 26.0. The van der Waals surface area contributed by atoms with Crippen molar-refractivity contribution in [3.63, 3.8) is 0 Å². The maximum atomic E-state index is 12.0. The first-order chi connectivity index (χ1) is 15.6. The van der Waals surface area contributed by atoms with Crippen molar-refractivity contribution in [2.75, 3.05) is 20.3 Å². The van der Waals surface area contributed by atoms with Crippen molar-refractivity contribution in [1.29, 1.82) is 0 Å². The highest BCUT2D eigenvalue weighted by Crippen LogP contribution is 2.43. The van der Waals surface area contributed by atoms with E-state index in [0.29, 0.717) is 12.2 Å². The third-order valence-electron chi connectivity index (χ3n) is 6.02. The number of esters is 1. The van der Waals surface area contributed by atoms with Gasteiger partial charge in [-0.05, 0) is 41.7 Å². The summed E-state index contributed by atoms with van der Waals surface area (Å²) in [6.45, 7) is 2.83. The first-order valence-electron chi connectivity index (χ1n) is 10.8. The molecular formula is C27H27NO4. The van der Waals surface area contributed by atoms with Crippen LogP contribution in [0.15, 0.2) is 84.0 Å². The second-order valence-electron chi connectivity index (χ2n) is 7.99. The van der Waals surface area contributed by atoms with Crippen molar-refractivity contribution in [1.82, 2.24) is 0 Å². The summed E-state index contributed by atoms with van der Waals surface area (Å²) in [6.07, 6.45) is 2.22. The zero-order valence-electron chi connectivity index (χ0n) is 18.4. The second kappa shape index (κ2) is 9.69. The molecule has 32 heavy (non-hydrogen) atoms. The number of methoxy groups -OCH3 is 1. The zero-order chi connectivity index (χ0) is 22.4. The fraction of sp³-hybridized carbons (Fsp3) is 0.259. The molecule has 1 aliphatic rings. The quantitative estimate of drug-likeness (QED) is 0.221. The van der Waals surface area contributed by atoms with Crippen LogP contribution in [-0.2, 0) is 26.2 Å². The molecule has 1 aliphatic carbocycles. The smallest absolute Gasteiger partial charge is 0.360 e. The summed E-state index contributed by atoms with van der Waals surface area (Å²) < 4.78 is 10.6. The normalized spacial score (nSPS) is 17.5. The van der Waals surface area contributed by atoms with Gasteiger partial charge in [0.25, 0.3) is 0 Å². The summed E-state index contributed by atoms with van der Waals surface area (Å²) in [7, 11) is 1.32. The van der Waals surface area contributed by atoms with Crippen LogP contribution >= 0.6 is 0 Å². The van der Waals surface area contributed by atoms with Gasteiger partial charge in [0.1, 0.15) is 12.4 Å². The number of nitrogens with zero attached hydrogens (tertiary/aromatic N) is 1. The fourth-order valence-corrected chi connectivity index (χ4v) is 4.22. The Morgan fingerprint density at radius 3 is 2.41 bits per heavy atom. The molecule has 5 nitrogen and oxygen atoms in total. The highest BCUT2D eigenvalue weighted by Gasteiger charge is 2.35. The summed E-state index contributed by atoms with van der Waals surface area (Å²) >= 11 is 0. The van der Waals surface area contributed by atoms with Gasteiger partial charge in [-0.2, -0.15) is 0 Å². The molecule has 0 aromatic heterocycles. The Morgan fingerprint density at radius 2 is 1.66 bits per heavy atom. The van der Waals surface area contributed by atoms with E-state index in [4.69, 9.17) is 14.3 Å². The number of hydrogen-bond acceptors (Lipinski definition) is 5. The standard InChI is InChI=1S/C27H27NO4/c1-27(17-16-20-8-6-7-11-24(20)27)22-12-14-23(15-13-22)31-18-19-32-28-25(26(29)30-2)21-9-4-3-5-10-21/h3-15H,16-19H2,1-2H3/b28-25-. The Bertz CT molecular complexity index is 1090. The van der Waals surface area contributed by atoms with E-state index in [9.17, 15) is 4.79 Å². The molecule has 5 heteroatoms. The van der Waals surface area contributed by atoms with Crippen molar-refractivity contribution >= 4 is 11.7 Å². The van der Waals surface area contributed by atoms with Gasteiger partial charge in [0.05, 0.1) is 7.11 Å². The van der Waals surface area contributed by atoms with Crippen molar-refractivity contribution in [2.24, 2.45) is 5.16 Å². The van der Waals surface area contributed by atoms with Crippen LogP contribution in [0.1, 0.15) is 35.6 Å². The minimum Gasteiger partial charge on any atom is -0.490 e. The highest BCUT2D eigenvalue weighted by molar-refractivity contribution is 6.43. The maximum absolute atomic E-state index is 12.0. The number of aryl methyl sites for hydroxylation is 1. The lowest BCUT2D eigenvalue weighted by atomic mass is 9.77. The van der Waals surface area contributed by atoms with Gasteiger partial charge < -0.3 is 14.3 Å². The Morgan fingerprint density at radius 1 is 0.938 bits per heavy atom. The monoisotopic (exact) mass is 429 g/mol. The molecule has 0 spiro atoms. The summed E-state index contributed by atoms with van der Waals surface area (Å²) in [5.41, 5.74) is 4.95. The number of carbonyl (C=O) groups is 1. The lowest BCUT2D eigenvalue weighted by Crippen LogP contribution is -2.19. The lowest BCUT2D eigenvalue weighted by molar-refractivity contribution is -0.132. The highest BCUT2D eigenvalue weighted by atomic mass is 16.6. The summed E-state index contributed by atoms with van der Waals surface area (Å²) in [5.74, 6) is 0.224. The molecule has 0 bridgehead atoms. The van der Waals surface area contributed by atoms with Gasteiger partial charge >= 0.3 is 5.97 Å². The molecule has 1 unspecified atom stereocenters. The van der Waals surface area contributed by atoms with Crippen LogP contribution in [0.2, 0.25) is 0 Å². The van der Waals surface area contributed by atoms with Gasteiger partial charge in [-0.1, -0.05) is 78.8 Å². The minimum absolute atomic E-state index is 0.0364. The van der Waals surface area contributed by atoms with Crippen molar-refractivity contribution in [3.8, 4) is 5.75 Å². The van der Waals surface area contributed by atoms with Crippen LogP contribution in [0.5, 0.6) is 5.75 Å². The van der Waals surface area contributed by atoms with Crippen LogP contribution in [0.25, 0.3) is 0 Å². The van der Waals surface area contributed by atoms with Gasteiger partial charge in [-0.25, -0.2) is 4.79 Å². The SMILES string of the molecule is COC(=O)/C(=N\OCCOc1ccc(C2(C)CCc3ccccc32)cc1)c1ccccc1. The third kappa shape index (κ3) is 4.52. The maximum Gasteiger partial charge on any atom is 0.360 e. The molecule has 0 radical (unpaired) electrons. The van der Waals surface area contributed by atoms with Crippen molar-refractivity contribution in [2.45, 2.75) is 25.2 Å². The van der Waals surface area contributed by atoms with Crippen molar-refractivity contribution in [3.05, 3.63) is 101 Å². The number of fused-ring (bicyclic) bond motifs is 1. The van der Waals surface area contributed by atoms with Crippen LogP contribution in [0.3, 0.4) is 0 Å². The van der Waals surface area contributed by atoms with Gasteiger partial charge in [0.2, 0.25) is 0 Å². The van der Waals surface area contributed by atoms with E-state index in [0.717, 1.165) is 18.6 Å².